The topological polar surface area (TPSA) is 78.3 Å². The second-order valence-corrected chi connectivity index (χ2v) is 10.00. The molecule has 9 heteroatoms. The summed E-state index contributed by atoms with van der Waals surface area (Å²) in [6, 6.07) is 11.9. The Bertz CT molecular complexity index is 1120. The number of halogens is 1. The van der Waals surface area contributed by atoms with Crippen LogP contribution in [-0.4, -0.2) is 33.5 Å². The number of benzene rings is 2. The van der Waals surface area contributed by atoms with E-state index in [0.29, 0.717) is 34.9 Å². The number of aryl methyl sites for hydroxylation is 1. The van der Waals surface area contributed by atoms with Gasteiger partial charge in [-0.25, -0.2) is 0 Å². The van der Waals surface area contributed by atoms with Crippen molar-refractivity contribution in [3.8, 4) is 11.5 Å². The van der Waals surface area contributed by atoms with Gasteiger partial charge in [0.2, 0.25) is 5.91 Å². The van der Waals surface area contributed by atoms with E-state index in [2.05, 4.69) is 58.0 Å². The molecule has 0 unspecified atom stereocenters. The number of thioether (sulfide) groups is 1. The highest BCUT2D eigenvalue weighted by Crippen LogP contribution is 2.29. The molecule has 3 rings (SSSR count). The van der Waals surface area contributed by atoms with E-state index in [1.807, 2.05) is 48.7 Å². The molecule has 3 aromatic rings. The molecule has 1 amide bonds. The monoisotopic (exact) mass is 580 g/mol. The van der Waals surface area contributed by atoms with Crippen molar-refractivity contribution in [3.05, 3.63) is 56.9 Å². The Morgan fingerprint density at radius 2 is 1.97 bits per heavy atom. The van der Waals surface area contributed by atoms with E-state index in [4.69, 9.17) is 9.47 Å². The van der Waals surface area contributed by atoms with E-state index in [-0.39, 0.29) is 18.3 Å². The second kappa shape index (κ2) is 11.7. The van der Waals surface area contributed by atoms with Crippen molar-refractivity contribution < 1.29 is 14.3 Å². The maximum Gasteiger partial charge on any atom is 0.234 e. The Morgan fingerprint density at radius 3 is 2.67 bits per heavy atom. The van der Waals surface area contributed by atoms with E-state index >= 15 is 0 Å². The molecular formula is C24H29IN4O3S. The number of methoxy groups -OCH3 is 1. The summed E-state index contributed by atoms with van der Waals surface area (Å²) in [5.74, 6) is 2.52. The lowest BCUT2D eigenvalue weighted by molar-refractivity contribution is -0.113. The number of nitrogens with zero attached hydrogens (tertiary/aromatic N) is 3. The number of carbonyl (C=O) groups excluding carboxylic acids is 1. The van der Waals surface area contributed by atoms with Gasteiger partial charge in [0.05, 0.1) is 12.9 Å². The third kappa shape index (κ3) is 6.63. The Balaban J connectivity index is 1.63. The minimum Gasteiger partial charge on any atom is -0.493 e. The van der Waals surface area contributed by atoms with Gasteiger partial charge in [0.1, 0.15) is 6.61 Å². The lowest BCUT2D eigenvalue weighted by Gasteiger charge is -2.14. The summed E-state index contributed by atoms with van der Waals surface area (Å²) in [7, 11) is 1.62. The summed E-state index contributed by atoms with van der Waals surface area (Å²) < 4.78 is 14.5. The molecule has 0 aliphatic heterocycles. The number of hydrogen-bond donors (Lipinski definition) is 1. The SMILES string of the molecule is CCn1c(COc2ccc(C)cc2OC)nnc1SCC(=O)Nc1ccc(I)cc1C(C)C. The van der Waals surface area contributed by atoms with Gasteiger partial charge in [-0.1, -0.05) is 31.7 Å². The molecule has 2 aromatic carbocycles. The summed E-state index contributed by atoms with van der Waals surface area (Å²) in [6.45, 7) is 9.19. The summed E-state index contributed by atoms with van der Waals surface area (Å²) >= 11 is 3.65. The van der Waals surface area contributed by atoms with Crippen LogP contribution in [0.5, 0.6) is 11.5 Å². The Hall–Kier alpha value is -2.27. The van der Waals surface area contributed by atoms with Crippen molar-refractivity contribution in [1.29, 1.82) is 0 Å². The molecule has 0 bridgehead atoms. The zero-order valence-electron chi connectivity index (χ0n) is 19.5. The molecular weight excluding hydrogens is 551 g/mol. The number of hydrogen-bond acceptors (Lipinski definition) is 6. The summed E-state index contributed by atoms with van der Waals surface area (Å²) in [5.41, 5.74) is 3.08. The number of aromatic nitrogens is 3. The van der Waals surface area contributed by atoms with Crippen molar-refractivity contribution in [2.24, 2.45) is 0 Å². The minimum atomic E-state index is -0.0732. The number of rotatable bonds is 10. The highest BCUT2D eigenvalue weighted by Gasteiger charge is 2.16. The molecule has 1 N–H and O–H groups in total. The number of amides is 1. The molecule has 0 radical (unpaired) electrons. The Kier molecular flexibility index (Phi) is 9.02. The number of anilines is 1. The largest absolute Gasteiger partial charge is 0.493 e. The van der Waals surface area contributed by atoms with Gasteiger partial charge >= 0.3 is 0 Å². The molecule has 7 nitrogen and oxygen atoms in total. The van der Waals surface area contributed by atoms with Crippen LogP contribution in [0.25, 0.3) is 0 Å². The minimum absolute atomic E-state index is 0.0732. The zero-order chi connectivity index (χ0) is 24.0. The van der Waals surface area contributed by atoms with Gasteiger partial charge in [0.25, 0.3) is 0 Å². The van der Waals surface area contributed by atoms with Gasteiger partial charge in [-0.2, -0.15) is 0 Å². The number of ether oxygens (including phenoxy) is 2. The molecule has 0 aliphatic carbocycles. The Morgan fingerprint density at radius 1 is 1.18 bits per heavy atom. The third-order valence-electron chi connectivity index (χ3n) is 5.03. The van der Waals surface area contributed by atoms with E-state index in [0.717, 1.165) is 20.4 Å². The number of nitrogens with one attached hydrogen (secondary N) is 1. The molecule has 0 spiro atoms. The van der Waals surface area contributed by atoms with Crippen LogP contribution in [0.3, 0.4) is 0 Å². The first-order valence-corrected chi connectivity index (χ1v) is 12.8. The van der Waals surface area contributed by atoms with Crippen LogP contribution in [0.1, 0.15) is 43.6 Å². The van der Waals surface area contributed by atoms with Crippen molar-refractivity contribution in [2.75, 3.05) is 18.2 Å². The molecule has 1 aromatic heterocycles. The molecule has 0 saturated carbocycles. The van der Waals surface area contributed by atoms with Crippen LogP contribution in [0, 0.1) is 10.5 Å². The fraction of sp³-hybridized carbons (Fsp3) is 0.375. The van der Waals surface area contributed by atoms with Crippen molar-refractivity contribution in [3.63, 3.8) is 0 Å². The molecule has 0 aliphatic rings. The highest BCUT2D eigenvalue weighted by atomic mass is 127. The predicted molar refractivity (Wildman–Crippen MR) is 140 cm³/mol. The molecule has 0 atom stereocenters. The summed E-state index contributed by atoms with van der Waals surface area (Å²) in [5, 5.41) is 12.3. The van der Waals surface area contributed by atoms with Crippen LogP contribution in [-0.2, 0) is 17.9 Å². The third-order valence-corrected chi connectivity index (χ3v) is 6.67. The molecule has 176 valence electrons. The zero-order valence-corrected chi connectivity index (χ0v) is 22.5. The summed E-state index contributed by atoms with van der Waals surface area (Å²) in [4.78, 5) is 12.6. The van der Waals surface area contributed by atoms with Crippen LogP contribution in [0.2, 0.25) is 0 Å². The van der Waals surface area contributed by atoms with E-state index in [1.54, 1.807) is 7.11 Å². The predicted octanol–water partition coefficient (Wildman–Crippen LogP) is 5.65. The second-order valence-electron chi connectivity index (χ2n) is 7.81. The van der Waals surface area contributed by atoms with Gasteiger partial charge in [-0.05, 0) is 83.8 Å². The normalized spacial score (nSPS) is 11.0. The molecule has 33 heavy (non-hydrogen) atoms. The van der Waals surface area contributed by atoms with Crippen molar-refractivity contribution in [2.45, 2.75) is 51.9 Å². The first-order chi connectivity index (χ1) is 15.8. The number of carbonyl (C=O) groups is 1. The quantitative estimate of drug-likeness (QED) is 0.247. The first-order valence-electron chi connectivity index (χ1n) is 10.7. The lowest BCUT2D eigenvalue weighted by atomic mass is 10.0. The molecule has 1 heterocycles. The van der Waals surface area contributed by atoms with Gasteiger partial charge in [-0.15, -0.1) is 10.2 Å². The first kappa shape index (κ1) is 25.4. The van der Waals surface area contributed by atoms with Crippen molar-refractivity contribution in [1.82, 2.24) is 14.8 Å². The fourth-order valence-electron chi connectivity index (χ4n) is 3.33. The highest BCUT2D eigenvalue weighted by molar-refractivity contribution is 14.1. The molecule has 0 fully saturated rings. The standard InChI is InChI=1S/C24H29IN4O3S/c1-6-29-22(13-32-20-10-7-16(4)11-21(20)31-5)27-28-24(29)33-14-23(30)26-19-9-8-17(25)12-18(19)15(2)3/h7-12,15H,6,13-14H2,1-5H3,(H,26,30). The fourth-order valence-corrected chi connectivity index (χ4v) is 4.66. The van der Waals surface area contributed by atoms with Crippen LogP contribution in [0.4, 0.5) is 5.69 Å². The van der Waals surface area contributed by atoms with Gasteiger partial charge in [0, 0.05) is 15.8 Å². The lowest BCUT2D eigenvalue weighted by Crippen LogP contribution is -2.16. The van der Waals surface area contributed by atoms with Crippen LogP contribution >= 0.6 is 34.4 Å². The maximum atomic E-state index is 12.6. The van der Waals surface area contributed by atoms with E-state index in [1.165, 1.54) is 11.8 Å². The van der Waals surface area contributed by atoms with E-state index < -0.39 is 0 Å². The average Bonchev–Trinajstić information content (AvgIpc) is 3.19. The van der Waals surface area contributed by atoms with Gasteiger partial charge in [0.15, 0.2) is 22.5 Å². The van der Waals surface area contributed by atoms with Gasteiger partial charge < -0.3 is 19.4 Å². The summed E-state index contributed by atoms with van der Waals surface area (Å²) in [6.07, 6.45) is 0. The molecule has 0 saturated heterocycles. The average molecular weight is 580 g/mol. The van der Waals surface area contributed by atoms with Crippen LogP contribution in [0.15, 0.2) is 41.6 Å². The maximum absolute atomic E-state index is 12.6. The van der Waals surface area contributed by atoms with Crippen LogP contribution < -0.4 is 14.8 Å². The van der Waals surface area contributed by atoms with Gasteiger partial charge in [-0.3, -0.25) is 4.79 Å². The van der Waals surface area contributed by atoms with Crippen molar-refractivity contribution >= 4 is 45.9 Å². The smallest absolute Gasteiger partial charge is 0.234 e. The van der Waals surface area contributed by atoms with E-state index in [9.17, 15) is 4.79 Å². The Labute approximate surface area is 212 Å².